The van der Waals surface area contributed by atoms with Crippen LogP contribution in [0.25, 0.3) is 0 Å². The van der Waals surface area contributed by atoms with Gasteiger partial charge in [0, 0.05) is 12.5 Å². The van der Waals surface area contributed by atoms with E-state index >= 15 is 0 Å². The van der Waals surface area contributed by atoms with E-state index in [-0.39, 0.29) is 5.91 Å². The van der Waals surface area contributed by atoms with Crippen LogP contribution < -0.4 is 16.6 Å². The fourth-order valence-corrected chi connectivity index (χ4v) is 1.31. The second-order valence-electron chi connectivity index (χ2n) is 3.17. The van der Waals surface area contributed by atoms with Crippen LogP contribution in [0.5, 0.6) is 0 Å². The van der Waals surface area contributed by atoms with Gasteiger partial charge >= 0.3 is 0 Å². The van der Waals surface area contributed by atoms with Gasteiger partial charge in [0.05, 0.1) is 12.9 Å². The molecule has 5 nitrogen and oxygen atoms in total. The monoisotopic (exact) mass is 184 g/mol. The van der Waals surface area contributed by atoms with E-state index in [1.165, 1.54) is 0 Å². The molecule has 0 saturated heterocycles. The van der Waals surface area contributed by atoms with Crippen molar-refractivity contribution in [1.29, 1.82) is 0 Å². The molecule has 5 heteroatoms. The predicted molar refractivity (Wildman–Crippen MR) is 51.1 cm³/mol. The quantitative estimate of drug-likeness (QED) is 0.234. The van der Waals surface area contributed by atoms with E-state index in [9.17, 15) is 4.79 Å². The summed E-state index contributed by atoms with van der Waals surface area (Å²) in [5.41, 5.74) is 2.11. The van der Waals surface area contributed by atoms with E-state index in [0.29, 0.717) is 12.5 Å². The molecule has 0 aromatic rings. The second-order valence-corrected chi connectivity index (χ2v) is 3.17. The van der Waals surface area contributed by atoms with Crippen molar-refractivity contribution < 1.29 is 4.79 Å². The Morgan fingerprint density at radius 2 is 2.54 bits per heavy atom. The molecule has 1 atom stereocenters. The number of nitrogens with two attached hydrogens (primary N) is 1. The van der Waals surface area contributed by atoms with Crippen LogP contribution in [0.2, 0.25) is 0 Å². The van der Waals surface area contributed by atoms with Crippen molar-refractivity contribution in [1.82, 2.24) is 10.7 Å². The predicted octanol–water partition coefficient (Wildman–Crippen LogP) is -0.463. The zero-order valence-electron chi connectivity index (χ0n) is 7.62. The van der Waals surface area contributed by atoms with E-state index in [2.05, 4.69) is 15.7 Å². The number of amides is 1. The average molecular weight is 184 g/mol. The van der Waals surface area contributed by atoms with Gasteiger partial charge in [-0.2, -0.15) is 0 Å². The van der Waals surface area contributed by atoms with E-state index < -0.39 is 0 Å². The first-order valence-electron chi connectivity index (χ1n) is 4.56. The standard InChI is InChI=1S/C8H16N4O/c9-12-8(13)4-2-1-3-7-5-10-6-11-7/h6-7H,1-5,9H2,(H,10,11)(H,12,13). The summed E-state index contributed by atoms with van der Waals surface area (Å²) < 4.78 is 0. The molecule has 1 unspecified atom stereocenters. The van der Waals surface area contributed by atoms with Crippen molar-refractivity contribution in [3.8, 4) is 0 Å². The lowest BCUT2D eigenvalue weighted by Gasteiger charge is -2.08. The third-order valence-electron chi connectivity index (χ3n) is 2.09. The summed E-state index contributed by atoms with van der Waals surface area (Å²) in [7, 11) is 0. The zero-order chi connectivity index (χ0) is 9.52. The second kappa shape index (κ2) is 5.53. The highest BCUT2D eigenvalue weighted by Crippen LogP contribution is 2.05. The molecule has 1 rings (SSSR count). The summed E-state index contributed by atoms with van der Waals surface area (Å²) in [6, 6.07) is 0.473. The highest BCUT2D eigenvalue weighted by atomic mass is 16.2. The van der Waals surface area contributed by atoms with Gasteiger partial charge in [-0.15, -0.1) is 0 Å². The van der Waals surface area contributed by atoms with Crippen LogP contribution in [-0.2, 0) is 4.79 Å². The number of hydrazine groups is 1. The normalized spacial score (nSPS) is 19.9. The summed E-state index contributed by atoms with van der Waals surface area (Å²) in [6.07, 6.45) is 5.26. The third-order valence-corrected chi connectivity index (χ3v) is 2.09. The molecule has 0 fully saturated rings. The van der Waals surface area contributed by atoms with E-state index in [4.69, 9.17) is 5.84 Å². The molecule has 1 aliphatic heterocycles. The SMILES string of the molecule is NNC(=O)CCCCC1CN=CN1. The number of unbranched alkanes of at least 4 members (excludes halogenated alkanes) is 1. The number of aliphatic imine (C=N–C) groups is 1. The Balaban J connectivity index is 1.92. The Labute approximate surface area is 77.8 Å². The summed E-state index contributed by atoms with van der Waals surface area (Å²) in [5.74, 6) is 4.86. The van der Waals surface area contributed by atoms with Crippen molar-refractivity contribution in [2.24, 2.45) is 10.8 Å². The van der Waals surface area contributed by atoms with Crippen LogP contribution in [0.1, 0.15) is 25.7 Å². The smallest absolute Gasteiger partial charge is 0.233 e. The van der Waals surface area contributed by atoms with Crippen molar-refractivity contribution in [3.63, 3.8) is 0 Å². The van der Waals surface area contributed by atoms with Crippen LogP contribution in [0.3, 0.4) is 0 Å². The van der Waals surface area contributed by atoms with Gasteiger partial charge in [0.2, 0.25) is 5.91 Å². The van der Waals surface area contributed by atoms with Crippen LogP contribution in [0.4, 0.5) is 0 Å². The third kappa shape index (κ3) is 3.89. The molecule has 0 bridgehead atoms. The Hall–Kier alpha value is -1.10. The number of nitrogens with zero attached hydrogens (tertiary/aromatic N) is 1. The lowest BCUT2D eigenvalue weighted by Crippen LogP contribution is -2.29. The molecule has 0 saturated carbocycles. The lowest BCUT2D eigenvalue weighted by atomic mass is 10.1. The van der Waals surface area contributed by atoms with Crippen molar-refractivity contribution >= 4 is 12.2 Å². The Kier molecular flexibility index (Phi) is 4.25. The fraction of sp³-hybridized carbons (Fsp3) is 0.750. The number of carbonyl (C=O) groups is 1. The molecule has 0 aliphatic carbocycles. The Bertz CT molecular complexity index is 185. The highest BCUT2D eigenvalue weighted by molar-refractivity contribution is 5.75. The van der Waals surface area contributed by atoms with E-state index in [1.54, 1.807) is 6.34 Å². The Morgan fingerprint density at radius 3 is 3.15 bits per heavy atom. The van der Waals surface area contributed by atoms with Gasteiger partial charge in [-0.25, -0.2) is 5.84 Å². The van der Waals surface area contributed by atoms with E-state index in [0.717, 1.165) is 25.8 Å². The largest absolute Gasteiger partial charge is 0.372 e. The maximum atomic E-state index is 10.7. The molecule has 1 aliphatic rings. The summed E-state index contributed by atoms with van der Waals surface area (Å²) in [6.45, 7) is 0.864. The molecule has 0 radical (unpaired) electrons. The first kappa shape index (κ1) is 9.98. The first-order valence-corrected chi connectivity index (χ1v) is 4.56. The van der Waals surface area contributed by atoms with Crippen LogP contribution in [-0.4, -0.2) is 24.8 Å². The molecular formula is C8H16N4O. The zero-order valence-corrected chi connectivity index (χ0v) is 7.62. The molecule has 1 heterocycles. The van der Waals surface area contributed by atoms with Crippen LogP contribution in [0.15, 0.2) is 4.99 Å². The summed E-state index contributed by atoms with van der Waals surface area (Å²) in [4.78, 5) is 14.8. The summed E-state index contributed by atoms with van der Waals surface area (Å²) in [5, 5.41) is 3.14. The highest BCUT2D eigenvalue weighted by Gasteiger charge is 2.09. The Morgan fingerprint density at radius 1 is 1.69 bits per heavy atom. The summed E-state index contributed by atoms with van der Waals surface area (Å²) >= 11 is 0. The fourth-order valence-electron chi connectivity index (χ4n) is 1.31. The minimum Gasteiger partial charge on any atom is -0.372 e. The maximum Gasteiger partial charge on any atom is 0.233 e. The van der Waals surface area contributed by atoms with Crippen molar-refractivity contribution in [3.05, 3.63) is 0 Å². The average Bonchev–Trinajstić information content (AvgIpc) is 2.64. The minimum absolute atomic E-state index is 0.0874. The van der Waals surface area contributed by atoms with E-state index in [1.807, 2.05) is 0 Å². The molecule has 13 heavy (non-hydrogen) atoms. The minimum atomic E-state index is -0.0874. The lowest BCUT2D eigenvalue weighted by molar-refractivity contribution is -0.121. The number of carbonyl (C=O) groups excluding carboxylic acids is 1. The molecule has 0 aromatic carbocycles. The molecule has 0 aromatic heterocycles. The van der Waals surface area contributed by atoms with Gasteiger partial charge < -0.3 is 5.32 Å². The maximum absolute atomic E-state index is 10.7. The van der Waals surface area contributed by atoms with Crippen LogP contribution >= 0.6 is 0 Å². The molecule has 0 spiro atoms. The molecular weight excluding hydrogens is 168 g/mol. The number of hydrogen-bond acceptors (Lipinski definition) is 4. The number of rotatable bonds is 5. The topological polar surface area (TPSA) is 79.5 Å². The van der Waals surface area contributed by atoms with Gasteiger partial charge in [0.1, 0.15) is 0 Å². The van der Waals surface area contributed by atoms with Gasteiger partial charge in [-0.1, -0.05) is 6.42 Å². The van der Waals surface area contributed by atoms with Gasteiger partial charge in [0.25, 0.3) is 0 Å². The van der Waals surface area contributed by atoms with Gasteiger partial charge in [0.15, 0.2) is 0 Å². The molecule has 1 amide bonds. The number of nitrogens with one attached hydrogen (secondary N) is 2. The molecule has 4 N–H and O–H groups in total. The first-order chi connectivity index (χ1) is 6.33. The van der Waals surface area contributed by atoms with Gasteiger partial charge in [-0.05, 0) is 12.8 Å². The van der Waals surface area contributed by atoms with Crippen molar-refractivity contribution in [2.75, 3.05) is 6.54 Å². The molecule has 74 valence electrons. The van der Waals surface area contributed by atoms with Crippen LogP contribution in [0, 0.1) is 0 Å². The van der Waals surface area contributed by atoms with Crippen molar-refractivity contribution in [2.45, 2.75) is 31.7 Å². The van der Waals surface area contributed by atoms with Gasteiger partial charge in [-0.3, -0.25) is 15.2 Å². The number of hydrogen-bond donors (Lipinski definition) is 3.